The molecule has 0 radical (unpaired) electrons. The molecule has 0 fully saturated rings. The summed E-state index contributed by atoms with van der Waals surface area (Å²) in [4.78, 5) is 0. The Kier molecular flexibility index (Phi) is 1.59. The van der Waals surface area contributed by atoms with Crippen molar-refractivity contribution in [3.8, 4) is 0 Å². The molecule has 0 N–H and O–H groups in total. The van der Waals surface area contributed by atoms with Gasteiger partial charge in [-0.2, -0.15) is 0 Å². The molecule has 0 heterocycles. The van der Waals surface area contributed by atoms with Gasteiger partial charge in [-0.1, -0.05) is 42.5 Å². The van der Waals surface area contributed by atoms with Gasteiger partial charge in [0, 0.05) is 5.92 Å². The highest BCUT2D eigenvalue weighted by Gasteiger charge is 2.23. The molecule has 0 spiro atoms. The lowest BCUT2D eigenvalue weighted by Gasteiger charge is -2.28. The molecule has 4 rings (SSSR count). The Hall–Kier alpha value is -1.56. The lowest BCUT2D eigenvalue weighted by molar-refractivity contribution is 0.633. The summed E-state index contributed by atoms with van der Waals surface area (Å²) in [5, 5.41) is 2.93. The number of aryl methyl sites for hydroxylation is 1. The van der Waals surface area contributed by atoms with Crippen LogP contribution in [0.1, 0.15) is 35.4 Å². The van der Waals surface area contributed by atoms with Crippen LogP contribution in [0.4, 0.5) is 0 Å². The summed E-state index contributed by atoms with van der Waals surface area (Å²) < 4.78 is 0. The Labute approximate surface area is 95.6 Å². The molecule has 0 heteroatoms. The second-order valence-corrected chi connectivity index (χ2v) is 4.94. The smallest absolute Gasteiger partial charge is 0.00305 e. The Morgan fingerprint density at radius 1 is 1.06 bits per heavy atom. The minimum absolute atomic E-state index is 0.683. The van der Waals surface area contributed by atoms with Gasteiger partial charge in [-0.15, -0.1) is 0 Å². The highest BCUT2D eigenvalue weighted by atomic mass is 14.3. The Morgan fingerprint density at radius 3 is 3.06 bits per heavy atom. The normalized spacial score (nSPS) is 21.4. The molecule has 2 aliphatic carbocycles. The standard InChI is InChI=1S/C16H14/c1-3-11-7-9-13-5-2-6-14-10-8-12(4-1)15(11)16(13)14/h1,3-4,7-10,13H,2,5-6H2. The summed E-state index contributed by atoms with van der Waals surface area (Å²) in [7, 11) is 0. The predicted octanol–water partition coefficient (Wildman–Crippen LogP) is 4.29. The van der Waals surface area contributed by atoms with E-state index in [0.29, 0.717) is 5.92 Å². The average Bonchev–Trinajstić information content (AvgIpc) is 2.36. The zero-order chi connectivity index (χ0) is 10.5. The summed E-state index contributed by atoms with van der Waals surface area (Å²) >= 11 is 0. The van der Waals surface area contributed by atoms with Crippen molar-refractivity contribution in [3.63, 3.8) is 0 Å². The molecule has 78 valence electrons. The maximum Gasteiger partial charge on any atom is 0.00305 e. The maximum atomic E-state index is 2.40. The van der Waals surface area contributed by atoms with Crippen LogP contribution in [0.5, 0.6) is 0 Å². The van der Waals surface area contributed by atoms with E-state index in [1.54, 1.807) is 11.1 Å². The second kappa shape index (κ2) is 2.98. The SMILES string of the molecule is C1=CC2CCCc3ccc4cccc1c4c32. The Balaban J connectivity index is 2.21. The lowest BCUT2D eigenvalue weighted by Crippen LogP contribution is -2.11. The largest absolute Gasteiger partial charge is 0.0764 e. The van der Waals surface area contributed by atoms with Crippen LogP contribution < -0.4 is 0 Å². The first-order valence-electron chi connectivity index (χ1n) is 6.16. The molecular formula is C16H14. The predicted molar refractivity (Wildman–Crippen MR) is 68.7 cm³/mol. The molecule has 0 bridgehead atoms. The Bertz CT molecular complexity index is 605. The van der Waals surface area contributed by atoms with E-state index in [4.69, 9.17) is 0 Å². The van der Waals surface area contributed by atoms with Crippen LogP contribution in [0, 0.1) is 0 Å². The van der Waals surface area contributed by atoms with Crippen LogP contribution in [0.3, 0.4) is 0 Å². The molecule has 0 aromatic heterocycles. The van der Waals surface area contributed by atoms with Gasteiger partial charge in [0.15, 0.2) is 0 Å². The van der Waals surface area contributed by atoms with Crippen molar-refractivity contribution in [3.05, 3.63) is 53.1 Å². The summed E-state index contributed by atoms with van der Waals surface area (Å²) in [6, 6.07) is 11.3. The Morgan fingerprint density at radius 2 is 2.06 bits per heavy atom. The molecule has 2 aromatic rings. The monoisotopic (exact) mass is 206 g/mol. The van der Waals surface area contributed by atoms with Crippen LogP contribution in [0.15, 0.2) is 36.4 Å². The van der Waals surface area contributed by atoms with Crippen LogP contribution in [0.2, 0.25) is 0 Å². The van der Waals surface area contributed by atoms with Crippen molar-refractivity contribution < 1.29 is 0 Å². The fraction of sp³-hybridized carbons (Fsp3) is 0.250. The van der Waals surface area contributed by atoms with Crippen LogP contribution in [-0.4, -0.2) is 0 Å². The quantitative estimate of drug-likeness (QED) is 0.603. The van der Waals surface area contributed by atoms with Crippen molar-refractivity contribution >= 4 is 16.8 Å². The van der Waals surface area contributed by atoms with Gasteiger partial charge < -0.3 is 0 Å². The first-order chi connectivity index (χ1) is 7.93. The summed E-state index contributed by atoms with van der Waals surface area (Å²) in [6.45, 7) is 0. The van der Waals surface area contributed by atoms with Gasteiger partial charge in [-0.05, 0) is 46.7 Å². The fourth-order valence-electron chi connectivity index (χ4n) is 3.33. The van der Waals surface area contributed by atoms with Crippen LogP contribution >= 0.6 is 0 Å². The molecule has 0 saturated carbocycles. The summed E-state index contributed by atoms with van der Waals surface area (Å²) in [5.74, 6) is 0.683. The van der Waals surface area contributed by atoms with Gasteiger partial charge in [-0.25, -0.2) is 0 Å². The highest BCUT2D eigenvalue weighted by Crippen LogP contribution is 2.42. The van der Waals surface area contributed by atoms with Gasteiger partial charge in [0.1, 0.15) is 0 Å². The highest BCUT2D eigenvalue weighted by molar-refractivity contribution is 5.96. The third-order valence-electron chi connectivity index (χ3n) is 4.05. The minimum Gasteiger partial charge on any atom is -0.0764 e. The molecule has 0 amide bonds. The number of benzene rings is 2. The minimum atomic E-state index is 0.683. The van der Waals surface area contributed by atoms with E-state index in [2.05, 4.69) is 42.5 Å². The van der Waals surface area contributed by atoms with Crippen LogP contribution in [-0.2, 0) is 6.42 Å². The van der Waals surface area contributed by atoms with E-state index >= 15 is 0 Å². The molecule has 2 aliphatic rings. The molecule has 1 unspecified atom stereocenters. The van der Waals surface area contributed by atoms with Crippen molar-refractivity contribution in [2.75, 3.05) is 0 Å². The molecule has 0 saturated heterocycles. The third-order valence-corrected chi connectivity index (χ3v) is 4.05. The van der Waals surface area contributed by atoms with Crippen molar-refractivity contribution in [2.45, 2.75) is 25.2 Å². The topological polar surface area (TPSA) is 0 Å². The van der Waals surface area contributed by atoms with E-state index in [1.165, 1.54) is 35.6 Å². The van der Waals surface area contributed by atoms with Gasteiger partial charge >= 0.3 is 0 Å². The summed E-state index contributed by atoms with van der Waals surface area (Å²) in [6.07, 6.45) is 8.66. The van der Waals surface area contributed by atoms with E-state index in [-0.39, 0.29) is 0 Å². The van der Waals surface area contributed by atoms with E-state index in [1.807, 2.05) is 0 Å². The fourth-order valence-corrected chi connectivity index (χ4v) is 3.33. The lowest BCUT2D eigenvalue weighted by atomic mass is 9.76. The first kappa shape index (κ1) is 8.58. The van der Waals surface area contributed by atoms with Gasteiger partial charge in [-0.3, -0.25) is 0 Å². The first-order valence-corrected chi connectivity index (χ1v) is 6.16. The van der Waals surface area contributed by atoms with Crippen LogP contribution in [0.25, 0.3) is 16.8 Å². The molecule has 0 aliphatic heterocycles. The van der Waals surface area contributed by atoms with Crippen molar-refractivity contribution in [1.82, 2.24) is 0 Å². The molecule has 1 atom stereocenters. The van der Waals surface area contributed by atoms with Crippen molar-refractivity contribution in [1.29, 1.82) is 0 Å². The molecule has 0 nitrogen and oxygen atoms in total. The second-order valence-electron chi connectivity index (χ2n) is 4.94. The number of hydrogen-bond acceptors (Lipinski definition) is 0. The summed E-state index contributed by atoms with van der Waals surface area (Å²) in [5.41, 5.74) is 4.62. The average molecular weight is 206 g/mol. The zero-order valence-corrected chi connectivity index (χ0v) is 9.24. The van der Waals surface area contributed by atoms with E-state index in [9.17, 15) is 0 Å². The molecular weight excluding hydrogens is 192 g/mol. The third kappa shape index (κ3) is 0.996. The zero-order valence-electron chi connectivity index (χ0n) is 9.24. The number of allylic oxidation sites excluding steroid dienone is 1. The number of rotatable bonds is 0. The van der Waals surface area contributed by atoms with Crippen molar-refractivity contribution in [2.24, 2.45) is 0 Å². The van der Waals surface area contributed by atoms with Gasteiger partial charge in [0.25, 0.3) is 0 Å². The molecule has 2 aromatic carbocycles. The van der Waals surface area contributed by atoms with Gasteiger partial charge in [0.05, 0.1) is 0 Å². The van der Waals surface area contributed by atoms with E-state index < -0.39 is 0 Å². The maximum absolute atomic E-state index is 2.40. The molecule has 16 heavy (non-hydrogen) atoms. The van der Waals surface area contributed by atoms with E-state index in [0.717, 1.165) is 0 Å². The van der Waals surface area contributed by atoms with Gasteiger partial charge in [0.2, 0.25) is 0 Å². The number of hydrogen-bond donors (Lipinski definition) is 0.